The maximum Gasteiger partial charge on any atom is 0.317 e. The van der Waals surface area contributed by atoms with Crippen LogP contribution in [0.25, 0.3) is 16.6 Å². The van der Waals surface area contributed by atoms with E-state index in [9.17, 15) is 9.18 Å². The highest BCUT2D eigenvalue weighted by Crippen LogP contribution is 2.26. The number of halogens is 1. The Kier molecular flexibility index (Phi) is 5.16. The Morgan fingerprint density at radius 3 is 2.97 bits per heavy atom. The van der Waals surface area contributed by atoms with Crippen LogP contribution in [0.15, 0.2) is 36.5 Å². The molecule has 5 rings (SSSR count). The van der Waals surface area contributed by atoms with E-state index >= 15 is 0 Å². The summed E-state index contributed by atoms with van der Waals surface area (Å²) in [7, 11) is 0. The number of rotatable bonds is 3. The third-order valence-corrected chi connectivity index (χ3v) is 5.99. The van der Waals surface area contributed by atoms with E-state index in [2.05, 4.69) is 10.2 Å². The number of urea groups is 1. The molecule has 0 aliphatic carbocycles. The van der Waals surface area contributed by atoms with Crippen LogP contribution < -0.4 is 10.2 Å². The molecule has 30 heavy (non-hydrogen) atoms. The van der Waals surface area contributed by atoms with Crippen LogP contribution in [-0.2, 0) is 4.74 Å². The summed E-state index contributed by atoms with van der Waals surface area (Å²) in [5.74, 6) is 0.539. The highest BCUT2D eigenvalue weighted by molar-refractivity contribution is 5.85. The first-order valence-corrected chi connectivity index (χ1v) is 10.6. The molecule has 2 aliphatic heterocycles. The number of benzene rings is 1. The molecule has 2 amide bonds. The third-order valence-electron chi connectivity index (χ3n) is 5.99. The molecule has 0 saturated carbocycles. The fourth-order valence-electron chi connectivity index (χ4n) is 4.42. The van der Waals surface area contributed by atoms with Gasteiger partial charge in [0.25, 0.3) is 0 Å². The zero-order chi connectivity index (χ0) is 20.5. The van der Waals surface area contributed by atoms with Crippen LogP contribution in [0.5, 0.6) is 0 Å². The van der Waals surface area contributed by atoms with Crippen molar-refractivity contribution in [1.29, 1.82) is 0 Å². The minimum absolute atomic E-state index is 0.0336. The van der Waals surface area contributed by atoms with Crippen LogP contribution in [0.4, 0.5) is 15.0 Å². The van der Waals surface area contributed by atoms with Gasteiger partial charge in [-0.25, -0.2) is 14.2 Å². The number of amides is 2. The van der Waals surface area contributed by atoms with Crippen LogP contribution in [0.2, 0.25) is 0 Å². The summed E-state index contributed by atoms with van der Waals surface area (Å²) in [5, 5.41) is 3.01. The van der Waals surface area contributed by atoms with Gasteiger partial charge in [0.1, 0.15) is 5.82 Å². The monoisotopic (exact) mass is 411 g/mol. The first-order valence-electron chi connectivity index (χ1n) is 10.6. The molecule has 2 aliphatic rings. The minimum atomic E-state index is -0.294. The normalized spacial score (nSPS) is 20.1. The Hall–Kier alpha value is -2.87. The molecule has 158 valence electrons. The molecule has 3 aromatic rings. The molecule has 2 aromatic heterocycles. The van der Waals surface area contributed by atoms with Crippen LogP contribution in [0.1, 0.15) is 19.3 Å². The van der Waals surface area contributed by atoms with E-state index < -0.39 is 0 Å². The summed E-state index contributed by atoms with van der Waals surface area (Å²) in [6.07, 6.45) is 5.04. The van der Waals surface area contributed by atoms with Crippen LogP contribution in [0.3, 0.4) is 0 Å². The van der Waals surface area contributed by atoms with Gasteiger partial charge >= 0.3 is 6.03 Å². The van der Waals surface area contributed by atoms with Gasteiger partial charge in [0.2, 0.25) is 0 Å². The lowest BCUT2D eigenvalue weighted by atomic mass is 10.2. The Bertz CT molecular complexity index is 1060. The Balaban J connectivity index is 1.33. The van der Waals surface area contributed by atoms with Crippen LogP contribution >= 0.6 is 0 Å². The number of hydrogen-bond donors (Lipinski definition) is 1. The Morgan fingerprint density at radius 2 is 2.10 bits per heavy atom. The maximum atomic E-state index is 13.8. The van der Waals surface area contributed by atoms with Crippen LogP contribution in [0, 0.1) is 5.82 Å². The van der Waals surface area contributed by atoms with Gasteiger partial charge in [0.05, 0.1) is 22.7 Å². The molecule has 1 aromatic carbocycles. The lowest BCUT2D eigenvalue weighted by Gasteiger charge is -2.24. The number of carbonyl (C=O) groups is 1. The number of aromatic nitrogens is 2. The van der Waals surface area contributed by atoms with Crippen molar-refractivity contribution in [2.75, 3.05) is 44.2 Å². The van der Waals surface area contributed by atoms with Crippen molar-refractivity contribution in [2.24, 2.45) is 0 Å². The van der Waals surface area contributed by atoms with E-state index in [0.29, 0.717) is 31.7 Å². The highest BCUT2D eigenvalue weighted by Gasteiger charge is 2.23. The zero-order valence-electron chi connectivity index (χ0n) is 16.9. The number of carbonyl (C=O) groups excluding carboxylic acids is 1. The van der Waals surface area contributed by atoms with Gasteiger partial charge in [0, 0.05) is 51.6 Å². The predicted molar refractivity (Wildman–Crippen MR) is 113 cm³/mol. The molecule has 1 N–H and O–H groups in total. The Morgan fingerprint density at radius 1 is 1.17 bits per heavy atom. The summed E-state index contributed by atoms with van der Waals surface area (Å²) in [6, 6.07) is 8.67. The highest BCUT2D eigenvalue weighted by atomic mass is 19.1. The summed E-state index contributed by atoms with van der Waals surface area (Å²) < 4.78 is 21.4. The van der Waals surface area contributed by atoms with Crippen molar-refractivity contribution in [2.45, 2.75) is 25.4 Å². The summed E-state index contributed by atoms with van der Waals surface area (Å²) in [5.41, 5.74) is 2.50. The summed E-state index contributed by atoms with van der Waals surface area (Å²) in [6.45, 7) is 4.16. The van der Waals surface area contributed by atoms with E-state index in [1.54, 1.807) is 6.07 Å². The van der Waals surface area contributed by atoms with E-state index in [1.807, 2.05) is 27.6 Å². The first-order chi connectivity index (χ1) is 14.7. The van der Waals surface area contributed by atoms with Crippen molar-refractivity contribution in [3.8, 4) is 0 Å². The maximum absolute atomic E-state index is 13.8. The fraction of sp³-hybridized carbons (Fsp3) is 0.455. The second-order valence-electron chi connectivity index (χ2n) is 7.98. The molecule has 1 unspecified atom stereocenters. The van der Waals surface area contributed by atoms with E-state index in [0.717, 1.165) is 49.3 Å². The van der Waals surface area contributed by atoms with E-state index in [-0.39, 0.29) is 18.0 Å². The lowest BCUT2D eigenvalue weighted by Crippen LogP contribution is -2.44. The average molecular weight is 411 g/mol. The van der Waals surface area contributed by atoms with Gasteiger partial charge in [-0.05, 0) is 43.5 Å². The smallest absolute Gasteiger partial charge is 0.317 e. The number of nitrogens with zero attached hydrogens (tertiary/aromatic N) is 4. The van der Waals surface area contributed by atoms with E-state index in [4.69, 9.17) is 9.72 Å². The third kappa shape index (κ3) is 3.67. The number of hydrogen-bond acceptors (Lipinski definition) is 4. The number of anilines is 1. The molecular weight excluding hydrogens is 385 g/mol. The van der Waals surface area contributed by atoms with Crippen LogP contribution in [-0.4, -0.2) is 65.8 Å². The molecule has 4 heterocycles. The first kappa shape index (κ1) is 19.1. The zero-order valence-corrected chi connectivity index (χ0v) is 16.9. The lowest BCUT2D eigenvalue weighted by molar-refractivity contribution is 0.109. The Labute approximate surface area is 174 Å². The van der Waals surface area contributed by atoms with Gasteiger partial charge in [-0.2, -0.15) is 0 Å². The topological polar surface area (TPSA) is 62.1 Å². The second kappa shape index (κ2) is 8.10. The second-order valence-corrected chi connectivity index (χ2v) is 7.98. The van der Waals surface area contributed by atoms with Crippen molar-refractivity contribution in [3.05, 3.63) is 42.3 Å². The summed E-state index contributed by atoms with van der Waals surface area (Å²) in [4.78, 5) is 21.5. The predicted octanol–water partition coefficient (Wildman–Crippen LogP) is 3.03. The largest absolute Gasteiger partial charge is 0.376 e. The SMILES string of the molecule is O=C(NCC1CCCO1)N1CCCN(c2nc3cc(F)ccc3n3cccc23)CC1. The molecule has 8 heteroatoms. The number of ether oxygens (including phenoxy) is 1. The van der Waals surface area contributed by atoms with Crippen molar-refractivity contribution < 1.29 is 13.9 Å². The minimum Gasteiger partial charge on any atom is -0.376 e. The molecule has 2 saturated heterocycles. The molecule has 0 spiro atoms. The van der Waals surface area contributed by atoms with Crippen molar-refractivity contribution in [1.82, 2.24) is 19.6 Å². The average Bonchev–Trinajstić information content (AvgIpc) is 3.39. The number of nitrogens with one attached hydrogen (secondary N) is 1. The quantitative estimate of drug-likeness (QED) is 0.720. The fourth-order valence-corrected chi connectivity index (χ4v) is 4.42. The standard InChI is InChI=1S/C22H26FN5O2/c23-16-6-7-19-18(14-16)25-21(20-5-1-10-28(19)20)26-8-3-9-27(12-11-26)22(29)24-15-17-4-2-13-30-17/h1,5-7,10,14,17H,2-4,8-9,11-13,15H2,(H,24,29). The van der Waals surface area contributed by atoms with Gasteiger partial charge < -0.3 is 24.3 Å². The van der Waals surface area contributed by atoms with Gasteiger partial charge in [-0.3, -0.25) is 0 Å². The van der Waals surface area contributed by atoms with E-state index in [1.165, 1.54) is 12.1 Å². The molecule has 0 radical (unpaired) electrons. The molecule has 2 fully saturated rings. The number of fused-ring (bicyclic) bond motifs is 3. The van der Waals surface area contributed by atoms with Crippen molar-refractivity contribution >= 4 is 28.4 Å². The van der Waals surface area contributed by atoms with Gasteiger partial charge in [0.15, 0.2) is 5.82 Å². The molecule has 1 atom stereocenters. The molecular formula is C22H26FN5O2. The van der Waals surface area contributed by atoms with Gasteiger partial charge in [-0.1, -0.05) is 0 Å². The van der Waals surface area contributed by atoms with Gasteiger partial charge in [-0.15, -0.1) is 0 Å². The summed E-state index contributed by atoms with van der Waals surface area (Å²) >= 11 is 0. The molecule has 0 bridgehead atoms. The molecule has 7 nitrogen and oxygen atoms in total. The van der Waals surface area contributed by atoms with Crippen molar-refractivity contribution in [3.63, 3.8) is 0 Å².